The van der Waals surface area contributed by atoms with Crippen LogP contribution in [0.5, 0.6) is 0 Å². The highest BCUT2D eigenvalue weighted by molar-refractivity contribution is 7.80. The van der Waals surface area contributed by atoms with E-state index in [9.17, 15) is 4.79 Å². The second-order valence-corrected chi connectivity index (χ2v) is 6.81. The Bertz CT molecular complexity index is 730. The number of rotatable bonds is 5. The van der Waals surface area contributed by atoms with Crippen molar-refractivity contribution in [3.63, 3.8) is 0 Å². The summed E-state index contributed by atoms with van der Waals surface area (Å²) in [7, 11) is 0. The minimum Gasteiger partial charge on any atom is -0.371 e. The summed E-state index contributed by atoms with van der Waals surface area (Å²) in [4.78, 5) is 13.7. The molecule has 0 aliphatic carbocycles. The number of nitrogens with one attached hydrogen (secondary N) is 2. The van der Waals surface area contributed by atoms with Gasteiger partial charge in [0.15, 0.2) is 10.9 Å². The number of thiocarbonyl (C=S) groups is 1. The van der Waals surface area contributed by atoms with E-state index >= 15 is 0 Å². The molecule has 4 nitrogen and oxygen atoms in total. The van der Waals surface area contributed by atoms with E-state index in [0.717, 1.165) is 31.7 Å². The van der Waals surface area contributed by atoms with Crippen molar-refractivity contribution in [2.75, 3.05) is 29.9 Å². The largest absolute Gasteiger partial charge is 0.371 e. The lowest BCUT2D eigenvalue weighted by atomic mass is 10.1. The van der Waals surface area contributed by atoms with Gasteiger partial charge in [-0.3, -0.25) is 4.79 Å². The van der Waals surface area contributed by atoms with E-state index in [1.54, 1.807) is 6.92 Å². The second kappa shape index (κ2) is 8.12. The molecular formula is C20H23N3OS. The van der Waals surface area contributed by atoms with Gasteiger partial charge in [-0.2, -0.15) is 0 Å². The molecule has 1 unspecified atom stereocenters. The number of hydrogen-bond donors (Lipinski definition) is 2. The van der Waals surface area contributed by atoms with Crippen LogP contribution in [0.15, 0.2) is 54.6 Å². The van der Waals surface area contributed by atoms with Crippen molar-refractivity contribution in [3.05, 3.63) is 60.2 Å². The van der Waals surface area contributed by atoms with Crippen LogP contribution in [-0.2, 0) is 0 Å². The second-order valence-electron chi connectivity index (χ2n) is 6.40. The fourth-order valence-electron chi connectivity index (χ4n) is 3.07. The summed E-state index contributed by atoms with van der Waals surface area (Å²) < 4.78 is 0. The standard InChI is InChI=1S/C20H23N3OS/c1-15(24)17-7-9-18(10-8-17)22-20(25)21-13-16-11-12-23(14-16)19-5-3-2-4-6-19/h2-10,16H,11-14H2,1H3,(H2,21,22,25). The average molecular weight is 353 g/mol. The highest BCUT2D eigenvalue weighted by Gasteiger charge is 2.22. The SMILES string of the molecule is CC(=O)c1ccc(NC(=S)NCC2CCN(c3ccccc3)C2)cc1. The molecule has 1 aliphatic rings. The van der Waals surface area contributed by atoms with Crippen molar-refractivity contribution in [1.29, 1.82) is 0 Å². The molecule has 0 aromatic heterocycles. The van der Waals surface area contributed by atoms with E-state index in [0.29, 0.717) is 16.6 Å². The van der Waals surface area contributed by atoms with Gasteiger partial charge in [-0.05, 0) is 67.9 Å². The lowest BCUT2D eigenvalue weighted by Crippen LogP contribution is -2.34. The van der Waals surface area contributed by atoms with Crippen molar-refractivity contribution in [2.24, 2.45) is 5.92 Å². The van der Waals surface area contributed by atoms with Crippen LogP contribution in [0.2, 0.25) is 0 Å². The van der Waals surface area contributed by atoms with Gasteiger partial charge >= 0.3 is 0 Å². The first-order valence-corrected chi connectivity index (χ1v) is 8.98. The van der Waals surface area contributed by atoms with Gasteiger partial charge in [0.1, 0.15) is 0 Å². The molecule has 2 aromatic rings. The maximum absolute atomic E-state index is 11.3. The third kappa shape index (κ3) is 4.79. The van der Waals surface area contributed by atoms with Crippen LogP contribution in [-0.4, -0.2) is 30.5 Å². The molecule has 0 bridgehead atoms. The Balaban J connectivity index is 1.44. The Labute approximate surface area is 154 Å². The first-order valence-electron chi connectivity index (χ1n) is 8.57. The summed E-state index contributed by atoms with van der Waals surface area (Å²) in [6, 6.07) is 17.9. The number of para-hydroxylation sites is 1. The Morgan fingerprint density at radius 1 is 1.16 bits per heavy atom. The molecular weight excluding hydrogens is 330 g/mol. The summed E-state index contributed by atoms with van der Waals surface area (Å²) in [5.41, 5.74) is 2.88. The van der Waals surface area contributed by atoms with Crippen molar-refractivity contribution in [1.82, 2.24) is 5.32 Å². The lowest BCUT2D eigenvalue weighted by Gasteiger charge is -2.19. The van der Waals surface area contributed by atoms with Crippen LogP contribution in [0, 0.1) is 5.92 Å². The molecule has 0 saturated carbocycles. The van der Waals surface area contributed by atoms with Gasteiger partial charge in [0.05, 0.1) is 0 Å². The predicted molar refractivity (Wildman–Crippen MR) is 107 cm³/mol. The normalized spacial score (nSPS) is 16.5. The molecule has 1 fully saturated rings. The number of hydrogen-bond acceptors (Lipinski definition) is 3. The van der Waals surface area contributed by atoms with E-state index in [-0.39, 0.29) is 5.78 Å². The minimum absolute atomic E-state index is 0.0662. The first-order chi connectivity index (χ1) is 12.1. The number of carbonyl (C=O) groups is 1. The Morgan fingerprint density at radius 2 is 1.88 bits per heavy atom. The third-order valence-corrected chi connectivity index (χ3v) is 4.75. The molecule has 0 spiro atoms. The third-order valence-electron chi connectivity index (χ3n) is 4.51. The zero-order valence-electron chi connectivity index (χ0n) is 14.4. The number of anilines is 2. The minimum atomic E-state index is 0.0662. The quantitative estimate of drug-likeness (QED) is 0.634. The van der Waals surface area contributed by atoms with Crippen LogP contribution in [0.3, 0.4) is 0 Å². The molecule has 3 rings (SSSR count). The smallest absolute Gasteiger partial charge is 0.170 e. The maximum Gasteiger partial charge on any atom is 0.170 e. The predicted octanol–water partition coefficient (Wildman–Crippen LogP) is 3.70. The van der Waals surface area contributed by atoms with Crippen molar-refractivity contribution >= 4 is 34.5 Å². The fourth-order valence-corrected chi connectivity index (χ4v) is 3.27. The molecule has 2 aromatic carbocycles. The molecule has 130 valence electrons. The Kier molecular flexibility index (Phi) is 5.66. The molecule has 1 aliphatic heterocycles. The van der Waals surface area contributed by atoms with Crippen molar-refractivity contribution < 1.29 is 4.79 Å². The number of nitrogens with zero attached hydrogens (tertiary/aromatic N) is 1. The van der Waals surface area contributed by atoms with E-state index in [2.05, 4.69) is 39.8 Å². The summed E-state index contributed by atoms with van der Waals surface area (Å²) in [5, 5.41) is 7.10. The summed E-state index contributed by atoms with van der Waals surface area (Å²) in [6.07, 6.45) is 1.16. The number of ketones is 1. The van der Waals surface area contributed by atoms with Crippen molar-refractivity contribution in [3.8, 4) is 0 Å². The highest BCUT2D eigenvalue weighted by Crippen LogP contribution is 2.23. The molecule has 0 radical (unpaired) electrons. The monoisotopic (exact) mass is 353 g/mol. The van der Waals surface area contributed by atoms with Gasteiger partial charge in [-0.1, -0.05) is 18.2 Å². The zero-order valence-corrected chi connectivity index (χ0v) is 15.2. The van der Waals surface area contributed by atoms with E-state index in [4.69, 9.17) is 12.2 Å². The van der Waals surface area contributed by atoms with Crippen LogP contribution in [0.4, 0.5) is 11.4 Å². The van der Waals surface area contributed by atoms with Gasteiger partial charge < -0.3 is 15.5 Å². The number of benzene rings is 2. The Morgan fingerprint density at radius 3 is 2.56 bits per heavy atom. The van der Waals surface area contributed by atoms with Gasteiger partial charge in [0.25, 0.3) is 0 Å². The molecule has 5 heteroatoms. The number of carbonyl (C=O) groups excluding carboxylic acids is 1. The van der Waals surface area contributed by atoms with Gasteiger partial charge in [-0.25, -0.2) is 0 Å². The van der Waals surface area contributed by atoms with Gasteiger partial charge in [-0.15, -0.1) is 0 Å². The lowest BCUT2D eigenvalue weighted by molar-refractivity contribution is 0.101. The van der Waals surface area contributed by atoms with Gasteiger partial charge in [0, 0.05) is 36.6 Å². The fraction of sp³-hybridized carbons (Fsp3) is 0.300. The molecule has 1 atom stereocenters. The topological polar surface area (TPSA) is 44.4 Å². The highest BCUT2D eigenvalue weighted by atomic mass is 32.1. The van der Waals surface area contributed by atoms with Crippen molar-refractivity contribution in [2.45, 2.75) is 13.3 Å². The van der Waals surface area contributed by atoms with Crippen LogP contribution >= 0.6 is 12.2 Å². The van der Waals surface area contributed by atoms with Crippen LogP contribution < -0.4 is 15.5 Å². The maximum atomic E-state index is 11.3. The molecule has 1 saturated heterocycles. The molecule has 2 N–H and O–H groups in total. The average Bonchev–Trinajstić information content (AvgIpc) is 3.10. The summed E-state index contributed by atoms with van der Waals surface area (Å²) in [6.45, 7) is 4.56. The Hall–Kier alpha value is -2.40. The molecule has 0 amide bonds. The zero-order chi connectivity index (χ0) is 17.6. The van der Waals surface area contributed by atoms with Crippen LogP contribution in [0.25, 0.3) is 0 Å². The van der Waals surface area contributed by atoms with E-state index in [1.807, 2.05) is 30.3 Å². The summed E-state index contributed by atoms with van der Waals surface area (Å²) in [5.74, 6) is 0.650. The first kappa shape index (κ1) is 17.4. The van der Waals surface area contributed by atoms with E-state index in [1.165, 1.54) is 5.69 Å². The van der Waals surface area contributed by atoms with Gasteiger partial charge in [0.2, 0.25) is 0 Å². The summed E-state index contributed by atoms with van der Waals surface area (Å²) >= 11 is 5.38. The molecule has 1 heterocycles. The van der Waals surface area contributed by atoms with Crippen LogP contribution in [0.1, 0.15) is 23.7 Å². The van der Waals surface area contributed by atoms with E-state index < -0.39 is 0 Å². The molecule has 25 heavy (non-hydrogen) atoms. The number of Topliss-reactive ketones (excluding diaryl/α,β-unsaturated/α-hetero) is 1.